The van der Waals surface area contributed by atoms with Crippen LogP contribution in [0.25, 0.3) is 5.52 Å². The molecule has 0 bridgehead atoms. The van der Waals surface area contributed by atoms with Gasteiger partial charge >= 0.3 is 0 Å². The van der Waals surface area contributed by atoms with Gasteiger partial charge in [-0.3, -0.25) is 0 Å². The van der Waals surface area contributed by atoms with Gasteiger partial charge in [-0.25, -0.2) is 8.91 Å². The van der Waals surface area contributed by atoms with E-state index in [2.05, 4.69) is 10.4 Å². The summed E-state index contributed by atoms with van der Waals surface area (Å²) in [6.07, 6.45) is 4.23. The highest BCUT2D eigenvalue weighted by Crippen LogP contribution is 2.25. The topological polar surface area (TPSA) is 29.3 Å². The highest BCUT2D eigenvalue weighted by atomic mass is 35.5. The molecule has 3 rings (SSSR count). The van der Waals surface area contributed by atoms with Crippen LogP contribution in [0.3, 0.4) is 0 Å². The molecular formula is C16H15ClFN3. The van der Waals surface area contributed by atoms with E-state index in [1.807, 2.05) is 42.2 Å². The highest BCUT2D eigenvalue weighted by molar-refractivity contribution is 6.30. The number of hydrogen-bond acceptors (Lipinski definition) is 2. The summed E-state index contributed by atoms with van der Waals surface area (Å²) >= 11 is 5.96. The second-order valence-corrected chi connectivity index (χ2v) is 5.35. The normalized spacial score (nSPS) is 12.7. The summed E-state index contributed by atoms with van der Waals surface area (Å²) in [6, 6.07) is 10.5. The second-order valence-electron chi connectivity index (χ2n) is 4.91. The molecule has 1 unspecified atom stereocenters. The van der Waals surface area contributed by atoms with E-state index in [9.17, 15) is 4.39 Å². The maximum absolute atomic E-state index is 13.9. The highest BCUT2D eigenvalue weighted by Gasteiger charge is 2.17. The van der Waals surface area contributed by atoms with Crippen molar-refractivity contribution in [1.82, 2.24) is 14.9 Å². The number of nitrogens with one attached hydrogen (secondary N) is 1. The number of hydrogen-bond donors (Lipinski definition) is 1. The Labute approximate surface area is 127 Å². The lowest BCUT2D eigenvalue weighted by Gasteiger charge is -2.16. The Kier molecular flexibility index (Phi) is 3.90. The third-order valence-corrected chi connectivity index (χ3v) is 3.85. The Morgan fingerprint density at radius 3 is 3.00 bits per heavy atom. The molecule has 0 fully saturated rings. The first kappa shape index (κ1) is 14.0. The largest absolute Gasteiger partial charge is 0.313 e. The van der Waals surface area contributed by atoms with Crippen LogP contribution in [-0.2, 0) is 6.42 Å². The zero-order valence-corrected chi connectivity index (χ0v) is 12.3. The summed E-state index contributed by atoms with van der Waals surface area (Å²) in [7, 11) is 1.86. The fourth-order valence-corrected chi connectivity index (χ4v) is 2.70. The van der Waals surface area contributed by atoms with Crippen LogP contribution in [0, 0.1) is 5.82 Å². The molecule has 3 nitrogen and oxygen atoms in total. The van der Waals surface area contributed by atoms with Crippen molar-refractivity contribution in [3.63, 3.8) is 0 Å². The van der Waals surface area contributed by atoms with Gasteiger partial charge in [-0.05, 0) is 49.4 Å². The van der Waals surface area contributed by atoms with Crippen molar-refractivity contribution in [3.8, 4) is 0 Å². The summed E-state index contributed by atoms with van der Waals surface area (Å²) in [6.45, 7) is 0. The molecule has 0 spiro atoms. The molecule has 21 heavy (non-hydrogen) atoms. The van der Waals surface area contributed by atoms with Crippen molar-refractivity contribution < 1.29 is 4.39 Å². The van der Waals surface area contributed by atoms with Gasteiger partial charge in [0, 0.05) is 22.8 Å². The van der Waals surface area contributed by atoms with Gasteiger partial charge in [-0.2, -0.15) is 5.10 Å². The van der Waals surface area contributed by atoms with E-state index < -0.39 is 0 Å². The van der Waals surface area contributed by atoms with Crippen LogP contribution in [0.5, 0.6) is 0 Å². The van der Waals surface area contributed by atoms with E-state index in [1.54, 1.807) is 12.1 Å². The molecule has 0 radical (unpaired) electrons. The minimum Gasteiger partial charge on any atom is -0.313 e. The molecule has 0 saturated heterocycles. The summed E-state index contributed by atoms with van der Waals surface area (Å²) in [5, 5.41) is 8.10. The predicted molar refractivity (Wildman–Crippen MR) is 82.1 cm³/mol. The number of rotatable bonds is 4. The van der Waals surface area contributed by atoms with Crippen LogP contribution in [0.2, 0.25) is 5.02 Å². The van der Waals surface area contributed by atoms with E-state index in [4.69, 9.17) is 11.6 Å². The number of nitrogens with zero attached hydrogens (tertiary/aromatic N) is 2. The number of halogens is 2. The van der Waals surface area contributed by atoms with Crippen molar-refractivity contribution >= 4 is 17.1 Å². The van der Waals surface area contributed by atoms with Crippen molar-refractivity contribution in [1.29, 1.82) is 0 Å². The molecule has 0 aliphatic heterocycles. The first-order chi connectivity index (χ1) is 10.2. The summed E-state index contributed by atoms with van der Waals surface area (Å²) in [5.74, 6) is -0.240. The van der Waals surface area contributed by atoms with Gasteiger partial charge in [0.05, 0.1) is 11.7 Å². The lowest BCUT2D eigenvalue weighted by atomic mass is 9.99. The predicted octanol–water partition coefficient (Wildman–Crippen LogP) is 3.63. The summed E-state index contributed by atoms with van der Waals surface area (Å²) in [4.78, 5) is 0. The Morgan fingerprint density at radius 2 is 2.19 bits per heavy atom. The average molecular weight is 304 g/mol. The van der Waals surface area contributed by atoms with Gasteiger partial charge < -0.3 is 5.32 Å². The number of benzene rings is 1. The van der Waals surface area contributed by atoms with Crippen molar-refractivity contribution in [2.24, 2.45) is 0 Å². The maximum Gasteiger partial charge on any atom is 0.126 e. The number of likely N-dealkylation sites (N-methyl/N-ethyl adjacent to an activating group) is 1. The molecule has 0 saturated carbocycles. The number of aromatic nitrogens is 2. The quantitative estimate of drug-likeness (QED) is 0.797. The van der Waals surface area contributed by atoms with E-state index in [0.717, 1.165) is 11.1 Å². The van der Waals surface area contributed by atoms with Crippen LogP contribution in [0.4, 0.5) is 4.39 Å². The van der Waals surface area contributed by atoms with Crippen LogP contribution >= 0.6 is 11.6 Å². The fraction of sp³-hybridized carbons (Fsp3) is 0.188. The van der Waals surface area contributed by atoms with Gasteiger partial charge in [0.1, 0.15) is 5.82 Å². The average Bonchev–Trinajstić information content (AvgIpc) is 2.92. The van der Waals surface area contributed by atoms with Gasteiger partial charge in [0.25, 0.3) is 0 Å². The van der Waals surface area contributed by atoms with Gasteiger partial charge in [0.2, 0.25) is 0 Å². The van der Waals surface area contributed by atoms with Gasteiger partial charge in [-0.15, -0.1) is 0 Å². The lowest BCUT2D eigenvalue weighted by molar-refractivity contribution is 0.556. The zero-order chi connectivity index (χ0) is 14.8. The van der Waals surface area contributed by atoms with Crippen LogP contribution in [0.1, 0.15) is 17.2 Å². The monoisotopic (exact) mass is 303 g/mol. The molecule has 2 aromatic heterocycles. The smallest absolute Gasteiger partial charge is 0.126 e. The standard InChI is InChI=1S/C16H15ClFN3/c1-19-15(9-11-8-12(17)5-6-14(11)18)13-10-20-21-7-3-2-4-16(13)21/h2-8,10,15,19H,9H2,1H3. The SMILES string of the molecule is CNC(Cc1cc(Cl)ccc1F)c1cnn2ccccc12. The Morgan fingerprint density at radius 1 is 1.33 bits per heavy atom. The minimum absolute atomic E-state index is 0.0298. The molecule has 1 atom stereocenters. The molecule has 3 aromatic rings. The Balaban J connectivity index is 1.97. The van der Waals surface area contributed by atoms with Crippen molar-refractivity contribution in [2.45, 2.75) is 12.5 Å². The Bertz CT molecular complexity index is 769. The molecular weight excluding hydrogens is 289 g/mol. The van der Waals surface area contributed by atoms with Crippen LogP contribution in [0.15, 0.2) is 48.8 Å². The van der Waals surface area contributed by atoms with Gasteiger partial charge in [0.15, 0.2) is 0 Å². The molecule has 0 aliphatic carbocycles. The first-order valence-corrected chi connectivity index (χ1v) is 7.10. The molecule has 1 aromatic carbocycles. The molecule has 108 valence electrons. The van der Waals surface area contributed by atoms with E-state index >= 15 is 0 Å². The van der Waals surface area contributed by atoms with Gasteiger partial charge in [-0.1, -0.05) is 17.7 Å². The van der Waals surface area contributed by atoms with E-state index in [1.165, 1.54) is 6.07 Å². The van der Waals surface area contributed by atoms with E-state index in [-0.39, 0.29) is 11.9 Å². The lowest BCUT2D eigenvalue weighted by Crippen LogP contribution is -2.19. The van der Waals surface area contributed by atoms with Crippen LogP contribution in [-0.4, -0.2) is 16.7 Å². The number of pyridine rings is 1. The second kappa shape index (κ2) is 5.84. The minimum atomic E-state index is -0.240. The summed E-state index contributed by atoms with van der Waals surface area (Å²) < 4.78 is 15.7. The molecule has 0 aliphatic rings. The first-order valence-electron chi connectivity index (χ1n) is 6.72. The third kappa shape index (κ3) is 2.77. The fourth-order valence-electron chi connectivity index (χ4n) is 2.51. The molecule has 2 heterocycles. The van der Waals surface area contributed by atoms with Crippen molar-refractivity contribution in [3.05, 3.63) is 70.8 Å². The van der Waals surface area contributed by atoms with Crippen molar-refractivity contribution in [2.75, 3.05) is 7.05 Å². The third-order valence-electron chi connectivity index (χ3n) is 3.61. The molecule has 0 amide bonds. The summed E-state index contributed by atoms with van der Waals surface area (Å²) in [5.41, 5.74) is 2.65. The van der Waals surface area contributed by atoms with Crippen LogP contribution < -0.4 is 5.32 Å². The molecule has 5 heteroatoms. The Hall–Kier alpha value is -1.91. The molecule has 1 N–H and O–H groups in total. The maximum atomic E-state index is 13.9. The van der Waals surface area contributed by atoms with E-state index in [0.29, 0.717) is 17.0 Å². The zero-order valence-electron chi connectivity index (χ0n) is 11.6. The number of fused-ring (bicyclic) bond motifs is 1.